The molecule has 0 radical (unpaired) electrons. The number of ether oxygens (including phenoxy) is 2. The lowest BCUT2D eigenvalue weighted by atomic mass is 10.0. The van der Waals surface area contributed by atoms with Gasteiger partial charge in [-0.3, -0.25) is 4.79 Å². The summed E-state index contributed by atoms with van der Waals surface area (Å²) in [6.45, 7) is -1.27. The van der Waals surface area contributed by atoms with Crippen LogP contribution in [0.4, 0.5) is 13.2 Å². The van der Waals surface area contributed by atoms with Crippen LogP contribution in [0.2, 0.25) is 0 Å². The number of esters is 1. The highest BCUT2D eigenvalue weighted by Gasteiger charge is 2.16. The van der Waals surface area contributed by atoms with Gasteiger partial charge in [-0.25, -0.2) is 4.39 Å². The summed E-state index contributed by atoms with van der Waals surface area (Å²) in [5.74, 6) is -1.92. The van der Waals surface area contributed by atoms with Gasteiger partial charge in [-0.05, 0) is 18.6 Å². The van der Waals surface area contributed by atoms with Gasteiger partial charge in [0, 0.05) is 17.5 Å². The van der Waals surface area contributed by atoms with Crippen molar-refractivity contribution < 1.29 is 27.4 Å². The van der Waals surface area contributed by atoms with Crippen LogP contribution in [-0.4, -0.2) is 19.2 Å². The summed E-state index contributed by atoms with van der Waals surface area (Å²) in [5, 5.41) is 0. The first-order chi connectivity index (χ1) is 8.97. The van der Waals surface area contributed by atoms with Crippen LogP contribution >= 0.6 is 11.6 Å². The molecule has 0 saturated carbocycles. The third-order valence-corrected chi connectivity index (χ3v) is 2.54. The summed E-state index contributed by atoms with van der Waals surface area (Å²) < 4.78 is 46.6. The quantitative estimate of drug-likeness (QED) is 0.597. The zero-order chi connectivity index (χ0) is 14.4. The fourth-order valence-corrected chi connectivity index (χ4v) is 1.75. The Labute approximate surface area is 113 Å². The molecule has 1 rings (SSSR count). The molecule has 0 saturated heterocycles. The minimum Gasteiger partial charge on any atom is -0.466 e. The fraction of sp³-hybridized carbons (Fsp3) is 0.417. The maximum atomic E-state index is 13.8. The Balaban J connectivity index is 3.01. The molecule has 0 bridgehead atoms. The molecule has 0 aromatic heterocycles. The van der Waals surface area contributed by atoms with Crippen molar-refractivity contribution in [3.8, 4) is 5.75 Å². The Morgan fingerprint density at radius 2 is 2.11 bits per heavy atom. The predicted molar refractivity (Wildman–Crippen MR) is 62.9 cm³/mol. The van der Waals surface area contributed by atoms with Gasteiger partial charge in [-0.1, -0.05) is 0 Å². The minimum absolute atomic E-state index is 0.0232. The predicted octanol–water partition coefficient (Wildman–Crippen LogP) is 3.27. The van der Waals surface area contributed by atoms with Gasteiger partial charge in [0.15, 0.2) is 0 Å². The first-order valence-electron chi connectivity index (χ1n) is 5.45. The number of rotatable bonds is 6. The Morgan fingerprint density at radius 3 is 2.63 bits per heavy atom. The van der Waals surface area contributed by atoms with Gasteiger partial charge in [-0.2, -0.15) is 8.78 Å². The second-order valence-corrected chi connectivity index (χ2v) is 3.80. The van der Waals surface area contributed by atoms with Crippen molar-refractivity contribution in [1.29, 1.82) is 0 Å². The van der Waals surface area contributed by atoms with E-state index in [1.54, 1.807) is 6.92 Å². The van der Waals surface area contributed by atoms with Crippen molar-refractivity contribution in [3.63, 3.8) is 0 Å². The van der Waals surface area contributed by atoms with E-state index in [-0.39, 0.29) is 35.8 Å². The zero-order valence-electron chi connectivity index (χ0n) is 10.1. The molecule has 0 aliphatic rings. The Bertz CT molecular complexity index is 452. The van der Waals surface area contributed by atoms with Crippen LogP contribution in [0.25, 0.3) is 0 Å². The van der Waals surface area contributed by atoms with E-state index in [0.717, 1.165) is 6.07 Å². The lowest BCUT2D eigenvalue weighted by Crippen LogP contribution is -2.11. The van der Waals surface area contributed by atoms with Crippen molar-refractivity contribution in [3.05, 3.63) is 29.1 Å². The second-order valence-electron chi connectivity index (χ2n) is 3.54. The highest BCUT2D eigenvalue weighted by molar-refractivity contribution is 6.17. The molecule has 0 aliphatic heterocycles. The van der Waals surface area contributed by atoms with Gasteiger partial charge in [0.25, 0.3) is 0 Å². The van der Waals surface area contributed by atoms with Crippen molar-refractivity contribution >= 4 is 17.6 Å². The normalized spacial score (nSPS) is 10.6. The first kappa shape index (κ1) is 15.6. The van der Waals surface area contributed by atoms with Crippen LogP contribution in [0.1, 0.15) is 18.1 Å². The molecule has 0 spiro atoms. The molecule has 0 amide bonds. The van der Waals surface area contributed by atoms with Gasteiger partial charge in [0.2, 0.25) is 0 Å². The van der Waals surface area contributed by atoms with Crippen LogP contribution in [0.5, 0.6) is 5.75 Å². The smallest absolute Gasteiger partial charge is 0.387 e. The molecular weight excluding hydrogens is 285 g/mol. The minimum atomic E-state index is -3.06. The standard InChI is InChI=1S/C12H12ClF3O3/c1-2-18-11(17)5-9-7(6-13)3-8(4-10(9)14)19-12(15)16/h3-4,12H,2,5-6H2,1H3. The molecular formula is C12H12ClF3O3. The van der Waals surface area contributed by atoms with E-state index in [4.69, 9.17) is 16.3 Å². The maximum Gasteiger partial charge on any atom is 0.387 e. The van der Waals surface area contributed by atoms with E-state index in [1.165, 1.54) is 6.07 Å². The molecule has 106 valence electrons. The molecule has 1 aromatic rings. The average Bonchev–Trinajstić information content (AvgIpc) is 2.31. The van der Waals surface area contributed by atoms with E-state index in [9.17, 15) is 18.0 Å². The average molecular weight is 297 g/mol. The maximum absolute atomic E-state index is 13.8. The molecule has 0 atom stereocenters. The summed E-state index contributed by atoms with van der Waals surface area (Å²) in [6, 6.07) is 1.97. The Kier molecular flexibility index (Phi) is 5.95. The summed E-state index contributed by atoms with van der Waals surface area (Å²) in [5.41, 5.74) is 0.237. The molecule has 3 nitrogen and oxygen atoms in total. The SMILES string of the molecule is CCOC(=O)Cc1c(F)cc(OC(F)F)cc1CCl. The zero-order valence-corrected chi connectivity index (χ0v) is 10.8. The molecule has 0 unspecified atom stereocenters. The fourth-order valence-electron chi connectivity index (χ4n) is 1.51. The molecule has 1 aromatic carbocycles. The highest BCUT2D eigenvalue weighted by Crippen LogP contribution is 2.25. The van der Waals surface area contributed by atoms with Crippen molar-refractivity contribution in [1.82, 2.24) is 0 Å². The van der Waals surface area contributed by atoms with Gasteiger partial charge in [-0.15, -0.1) is 11.6 Å². The van der Waals surface area contributed by atoms with Crippen molar-refractivity contribution in [2.75, 3.05) is 6.61 Å². The van der Waals surface area contributed by atoms with Crippen molar-refractivity contribution in [2.24, 2.45) is 0 Å². The highest BCUT2D eigenvalue weighted by atomic mass is 35.5. The second kappa shape index (κ2) is 7.23. The lowest BCUT2D eigenvalue weighted by molar-refractivity contribution is -0.142. The van der Waals surface area contributed by atoms with Crippen LogP contribution in [0.15, 0.2) is 12.1 Å². The molecule has 0 heterocycles. The summed E-state index contributed by atoms with van der Waals surface area (Å²) in [6.07, 6.45) is -0.309. The third kappa shape index (κ3) is 4.63. The van der Waals surface area contributed by atoms with E-state index >= 15 is 0 Å². The van der Waals surface area contributed by atoms with Crippen LogP contribution in [-0.2, 0) is 21.8 Å². The number of benzene rings is 1. The summed E-state index contributed by atoms with van der Waals surface area (Å²) in [7, 11) is 0. The van der Waals surface area contributed by atoms with E-state index in [2.05, 4.69) is 4.74 Å². The molecule has 7 heteroatoms. The van der Waals surface area contributed by atoms with Gasteiger partial charge >= 0.3 is 12.6 Å². The number of carbonyl (C=O) groups is 1. The molecule has 0 aliphatic carbocycles. The first-order valence-corrected chi connectivity index (χ1v) is 5.99. The number of carbonyl (C=O) groups excluding carboxylic acids is 1. The van der Waals surface area contributed by atoms with Crippen molar-refractivity contribution in [2.45, 2.75) is 25.8 Å². The molecule has 19 heavy (non-hydrogen) atoms. The topological polar surface area (TPSA) is 35.5 Å². The van der Waals surface area contributed by atoms with Crippen LogP contribution in [0.3, 0.4) is 0 Å². The summed E-state index contributed by atoms with van der Waals surface area (Å²) in [4.78, 5) is 11.3. The van der Waals surface area contributed by atoms with Gasteiger partial charge < -0.3 is 9.47 Å². The van der Waals surface area contributed by atoms with Crippen LogP contribution in [0, 0.1) is 5.82 Å². The number of hydrogen-bond donors (Lipinski definition) is 0. The van der Waals surface area contributed by atoms with E-state index in [0.29, 0.717) is 0 Å². The van der Waals surface area contributed by atoms with E-state index < -0.39 is 18.4 Å². The third-order valence-electron chi connectivity index (χ3n) is 2.26. The summed E-state index contributed by atoms with van der Waals surface area (Å²) >= 11 is 5.61. The van der Waals surface area contributed by atoms with Gasteiger partial charge in [0.05, 0.1) is 13.0 Å². The lowest BCUT2D eigenvalue weighted by Gasteiger charge is -2.11. The molecule has 0 N–H and O–H groups in total. The number of alkyl halides is 3. The number of hydrogen-bond acceptors (Lipinski definition) is 3. The number of halogens is 4. The van der Waals surface area contributed by atoms with Gasteiger partial charge in [0.1, 0.15) is 11.6 Å². The monoisotopic (exact) mass is 296 g/mol. The Hall–Kier alpha value is -1.43. The van der Waals surface area contributed by atoms with Crippen LogP contribution < -0.4 is 4.74 Å². The largest absolute Gasteiger partial charge is 0.466 e. The Morgan fingerprint density at radius 1 is 1.42 bits per heavy atom. The molecule has 0 fully saturated rings. The van der Waals surface area contributed by atoms with E-state index in [1.807, 2.05) is 0 Å².